The maximum Gasteiger partial charge on any atom is 0.235 e. The van der Waals surface area contributed by atoms with Gasteiger partial charge in [-0.25, -0.2) is 0 Å². The molecule has 4 heteroatoms. The van der Waals surface area contributed by atoms with Crippen molar-refractivity contribution >= 4 is 17.7 Å². The van der Waals surface area contributed by atoms with Crippen molar-refractivity contribution in [2.24, 2.45) is 0 Å². The zero-order valence-electron chi connectivity index (χ0n) is 5.41. The first-order valence-electron chi connectivity index (χ1n) is 2.95. The van der Waals surface area contributed by atoms with Crippen molar-refractivity contribution in [3.05, 3.63) is 0 Å². The topological polar surface area (TPSA) is 41.1 Å². The smallest absolute Gasteiger partial charge is 0.235 e. The van der Waals surface area contributed by atoms with E-state index >= 15 is 0 Å². The van der Waals surface area contributed by atoms with Gasteiger partial charge >= 0.3 is 0 Å². The fourth-order valence-electron chi connectivity index (χ4n) is 0.453. The van der Waals surface area contributed by atoms with Gasteiger partial charge in [-0.15, -0.1) is 4.94 Å². The van der Waals surface area contributed by atoms with E-state index in [0.717, 1.165) is 12.8 Å². The van der Waals surface area contributed by atoms with Crippen molar-refractivity contribution in [2.45, 2.75) is 26.2 Å². The number of unbranched alkanes of at least 4 members (excludes halogenated alkanes) is 1. The summed E-state index contributed by atoms with van der Waals surface area (Å²) in [7, 11) is 0. The Balaban J connectivity index is 3.06. The molecule has 0 heterocycles. The van der Waals surface area contributed by atoms with Crippen molar-refractivity contribution in [2.75, 3.05) is 0 Å². The predicted octanol–water partition coefficient (Wildman–Crippen LogP) is 0.951. The molecule has 0 aromatic rings. The van der Waals surface area contributed by atoms with Crippen LogP contribution in [0.25, 0.3) is 0 Å². The van der Waals surface area contributed by atoms with E-state index in [4.69, 9.17) is 11.8 Å². The summed E-state index contributed by atoms with van der Waals surface area (Å²) >= 11 is 4.99. The minimum atomic E-state index is -0.0631. The van der Waals surface area contributed by atoms with Gasteiger partial charge in [0.05, 0.1) is 0 Å². The predicted molar refractivity (Wildman–Crippen MR) is 36.7 cm³/mol. The van der Waals surface area contributed by atoms with E-state index in [9.17, 15) is 4.79 Å². The third-order valence-corrected chi connectivity index (χ3v) is 1.04. The number of hydrogen-bond acceptors (Lipinski definition) is 2. The molecule has 0 aromatic heterocycles. The molecule has 3 nitrogen and oxygen atoms in total. The highest BCUT2D eigenvalue weighted by atomic mass is 35.5. The first-order chi connectivity index (χ1) is 4.31. The average Bonchev–Trinajstić information content (AvgIpc) is 1.85. The van der Waals surface area contributed by atoms with Crippen LogP contribution in [0.4, 0.5) is 0 Å². The van der Waals surface area contributed by atoms with Crippen LogP contribution in [0, 0.1) is 0 Å². The Morgan fingerprint density at radius 3 is 2.78 bits per heavy atom. The van der Waals surface area contributed by atoms with E-state index < -0.39 is 0 Å². The van der Waals surface area contributed by atoms with E-state index in [1.807, 2.05) is 11.9 Å². The van der Waals surface area contributed by atoms with Gasteiger partial charge in [0.2, 0.25) is 5.91 Å². The second-order valence-electron chi connectivity index (χ2n) is 1.75. The molecule has 0 unspecified atom stereocenters. The number of rotatable bonds is 4. The number of amides is 1. The van der Waals surface area contributed by atoms with Gasteiger partial charge in [-0.3, -0.25) is 10.2 Å². The Morgan fingerprint density at radius 1 is 1.67 bits per heavy atom. The molecule has 2 N–H and O–H groups in total. The van der Waals surface area contributed by atoms with Crippen LogP contribution in [0.3, 0.4) is 0 Å². The molecule has 0 atom stereocenters. The van der Waals surface area contributed by atoms with Crippen molar-refractivity contribution in [1.29, 1.82) is 0 Å². The highest BCUT2D eigenvalue weighted by Gasteiger charge is 1.95. The summed E-state index contributed by atoms with van der Waals surface area (Å²) in [5, 5.41) is 0. The fourth-order valence-corrected chi connectivity index (χ4v) is 0.558. The quantitative estimate of drug-likeness (QED) is 0.463. The molecule has 9 heavy (non-hydrogen) atoms. The van der Waals surface area contributed by atoms with Gasteiger partial charge in [0, 0.05) is 6.42 Å². The minimum absolute atomic E-state index is 0.0631. The molecule has 0 rings (SSSR count). The minimum Gasteiger partial charge on any atom is -0.277 e. The fraction of sp³-hybridized carbons (Fsp3) is 0.800. The number of carbonyl (C=O) groups excluding carboxylic acids is 1. The summed E-state index contributed by atoms with van der Waals surface area (Å²) in [6, 6.07) is 0. The van der Waals surface area contributed by atoms with Gasteiger partial charge in [-0.05, 0) is 18.2 Å². The summed E-state index contributed by atoms with van der Waals surface area (Å²) in [4.78, 5) is 12.6. The summed E-state index contributed by atoms with van der Waals surface area (Å²) in [6.07, 6.45) is 2.47. The molecule has 0 aliphatic carbocycles. The van der Waals surface area contributed by atoms with Crippen LogP contribution in [-0.2, 0) is 4.79 Å². The Labute approximate surface area is 59.8 Å². The molecule has 0 fully saturated rings. The lowest BCUT2D eigenvalue weighted by molar-refractivity contribution is -0.121. The normalized spacial score (nSPS) is 9.11. The zero-order chi connectivity index (χ0) is 7.11. The lowest BCUT2D eigenvalue weighted by Gasteiger charge is -1.97. The van der Waals surface area contributed by atoms with Gasteiger partial charge < -0.3 is 0 Å². The molecular formula is C5H11ClN2O. The van der Waals surface area contributed by atoms with E-state index in [1.54, 1.807) is 0 Å². The maximum absolute atomic E-state index is 10.5. The average molecular weight is 151 g/mol. The van der Waals surface area contributed by atoms with Crippen LogP contribution in [0.1, 0.15) is 26.2 Å². The van der Waals surface area contributed by atoms with E-state index in [0.29, 0.717) is 6.42 Å². The highest BCUT2D eigenvalue weighted by molar-refractivity contribution is 6.13. The standard InChI is InChI=1S/C5H11ClN2O/c1-2-3-4-5(9)7-8-6/h8H,2-4H2,1H3,(H,7,9). The van der Waals surface area contributed by atoms with Crippen LogP contribution in [0.5, 0.6) is 0 Å². The summed E-state index contributed by atoms with van der Waals surface area (Å²) in [5.74, 6) is -0.0631. The summed E-state index contributed by atoms with van der Waals surface area (Å²) < 4.78 is 0. The molecule has 0 radical (unpaired) electrons. The summed E-state index contributed by atoms with van der Waals surface area (Å²) in [6.45, 7) is 2.03. The highest BCUT2D eigenvalue weighted by Crippen LogP contribution is 1.91. The second kappa shape index (κ2) is 5.85. The molecule has 0 aliphatic heterocycles. The molecule has 0 saturated heterocycles. The maximum atomic E-state index is 10.5. The second-order valence-corrected chi connectivity index (χ2v) is 1.94. The van der Waals surface area contributed by atoms with Gasteiger partial charge in [0.1, 0.15) is 0 Å². The number of hydrogen-bond donors (Lipinski definition) is 2. The first-order valence-corrected chi connectivity index (χ1v) is 3.33. The van der Waals surface area contributed by atoms with Crippen molar-refractivity contribution in [3.63, 3.8) is 0 Å². The van der Waals surface area contributed by atoms with Crippen LogP contribution in [0.15, 0.2) is 0 Å². The molecule has 54 valence electrons. The monoisotopic (exact) mass is 150 g/mol. The molecule has 0 spiro atoms. The molecule has 0 bridgehead atoms. The van der Waals surface area contributed by atoms with Crippen LogP contribution in [0.2, 0.25) is 0 Å². The van der Waals surface area contributed by atoms with Gasteiger partial charge in [-0.2, -0.15) is 0 Å². The third kappa shape index (κ3) is 5.59. The molecule has 1 amide bonds. The molecule has 0 saturated carbocycles. The van der Waals surface area contributed by atoms with Gasteiger partial charge in [-0.1, -0.05) is 13.3 Å². The Bertz CT molecular complexity index is 87.0. The molecule has 0 aliphatic rings. The van der Waals surface area contributed by atoms with Crippen molar-refractivity contribution in [3.8, 4) is 0 Å². The number of nitrogens with one attached hydrogen (secondary N) is 2. The zero-order valence-corrected chi connectivity index (χ0v) is 6.16. The van der Waals surface area contributed by atoms with E-state index in [2.05, 4.69) is 5.43 Å². The Hall–Kier alpha value is -0.280. The lowest BCUT2D eigenvalue weighted by Crippen LogP contribution is -2.30. The number of carbonyl (C=O) groups is 1. The SMILES string of the molecule is CCCCC(=O)NNCl. The molecular weight excluding hydrogens is 140 g/mol. The Kier molecular flexibility index (Phi) is 5.67. The summed E-state index contributed by atoms with van der Waals surface area (Å²) in [5.41, 5.74) is 2.26. The first kappa shape index (κ1) is 8.72. The van der Waals surface area contributed by atoms with Crippen LogP contribution >= 0.6 is 11.8 Å². The number of hydrazine groups is 1. The number of halogens is 1. The largest absolute Gasteiger partial charge is 0.277 e. The Morgan fingerprint density at radius 2 is 2.33 bits per heavy atom. The van der Waals surface area contributed by atoms with E-state index in [-0.39, 0.29) is 5.91 Å². The lowest BCUT2D eigenvalue weighted by atomic mass is 10.2. The van der Waals surface area contributed by atoms with Crippen molar-refractivity contribution < 1.29 is 4.79 Å². The molecule has 0 aromatic carbocycles. The van der Waals surface area contributed by atoms with Gasteiger partial charge in [0.15, 0.2) is 0 Å². The van der Waals surface area contributed by atoms with Gasteiger partial charge in [0.25, 0.3) is 0 Å². The van der Waals surface area contributed by atoms with E-state index in [1.165, 1.54) is 0 Å². The van der Waals surface area contributed by atoms with Crippen LogP contribution in [-0.4, -0.2) is 5.91 Å². The van der Waals surface area contributed by atoms with Crippen molar-refractivity contribution in [1.82, 2.24) is 10.4 Å². The third-order valence-electron chi connectivity index (χ3n) is 0.944. The van der Waals surface area contributed by atoms with Crippen LogP contribution < -0.4 is 10.4 Å².